The molecule has 1 heterocycles. The molecule has 0 aliphatic rings. The van der Waals surface area contributed by atoms with E-state index in [0.29, 0.717) is 16.5 Å². The van der Waals surface area contributed by atoms with Crippen molar-refractivity contribution in [2.45, 2.75) is 13.0 Å². The van der Waals surface area contributed by atoms with Crippen LogP contribution in [-0.4, -0.2) is 22.1 Å². The maximum atomic E-state index is 10.8. The van der Waals surface area contributed by atoms with Gasteiger partial charge in [0.1, 0.15) is 5.75 Å². The largest absolute Gasteiger partial charge is 0.494 e. The summed E-state index contributed by atoms with van der Waals surface area (Å²) in [6, 6.07) is 8.07. The minimum atomic E-state index is -0.478. The van der Waals surface area contributed by atoms with Crippen molar-refractivity contribution in [2.24, 2.45) is 0 Å². The number of methoxy groups -OCH3 is 1. The van der Waals surface area contributed by atoms with Crippen LogP contribution in [0.4, 0.5) is 11.4 Å². The molecule has 0 aliphatic carbocycles. The Morgan fingerprint density at radius 3 is 2.65 bits per heavy atom. The van der Waals surface area contributed by atoms with Gasteiger partial charge in [-0.3, -0.25) is 15.1 Å². The molecular formula is C15H16N4O3S. The zero-order valence-electron chi connectivity index (χ0n) is 12.6. The SMILES string of the molecule is COc1cc([N+](=O)[O-])ccc1NC(=S)NC(C)c1ccncc1. The van der Waals surface area contributed by atoms with Crippen LogP contribution in [0.2, 0.25) is 0 Å². The van der Waals surface area contributed by atoms with Gasteiger partial charge in [-0.05, 0) is 42.9 Å². The fourth-order valence-corrected chi connectivity index (χ4v) is 2.27. The number of nitro groups is 1. The number of hydrogen-bond donors (Lipinski definition) is 2. The molecule has 0 radical (unpaired) electrons. The number of non-ortho nitro benzene ring substituents is 1. The van der Waals surface area contributed by atoms with Crippen molar-refractivity contribution < 1.29 is 9.66 Å². The van der Waals surface area contributed by atoms with Gasteiger partial charge in [0.25, 0.3) is 5.69 Å². The Hall–Kier alpha value is -2.74. The van der Waals surface area contributed by atoms with Gasteiger partial charge in [0, 0.05) is 18.5 Å². The Morgan fingerprint density at radius 2 is 2.04 bits per heavy atom. The number of nitrogens with zero attached hydrogens (tertiary/aromatic N) is 2. The number of hydrogen-bond acceptors (Lipinski definition) is 5. The molecule has 1 aromatic carbocycles. The average molecular weight is 332 g/mol. The van der Waals surface area contributed by atoms with Crippen molar-refractivity contribution in [2.75, 3.05) is 12.4 Å². The van der Waals surface area contributed by atoms with E-state index in [4.69, 9.17) is 17.0 Å². The van der Waals surface area contributed by atoms with Gasteiger partial charge in [0.05, 0.1) is 29.8 Å². The molecule has 120 valence electrons. The van der Waals surface area contributed by atoms with Gasteiger partial charge in [-0.15, -0.1) is 0 Å². The summed E-state index contributed by atoms with van der Waals surface area (Å²) < 4.78 is 5.16. The molecule has 1 atom stereocenters. The van der Waals surface area contributed by atoms with Crippen LogP contribution in [0.5, 0.6) is 5.75 Å². The van der Waals surface area contributed by atoms with Crippen molar-refractivity contribution in [3.63, 3.8) is 0 Å². The number of ether oxygens (including phenoxy) is 1. The zero-order chi connectivity index (χ0) is 16.8. The van der Waals surface area contributed by atoms with Crippen molar-refractivity contribution in [3.05, 3.63) is 58.4 Å². The lowest BCUT2D eigenvalue weighted by Crippen LogP contribution is -2.31. The molecular weight excluding hydrogens is 316 g/mol. The van der Waals surface area contributed by atoms with E-state index in [1.165, 1.54) is 19.2 Å². The average Bonchev–Trinajstić information content (AvgIpc) is 2.55. The number of aromatic nitrogens is 1. The minimum absolute atomic E-state index is 0.0120. The van der Waals surface area contributed by atoms with E-state index < -0.39 is 4.92 Å². The van der Waals surface area contributed by atoms with E-state index in [-0.39, 0.29) is 11.7 Å². The Balaban J connectivity index is 2.07. The zero-order valence-corrected chi connectivity index (χ0v) is 13.5. The highest BCUT2D eigenvalue weighted by Crippen LogP contribution is 2.29. The summed E-state index contributed by atoms with van der Waals surface area (Å²) in [5.41, 5.74) is 1.55. The molecule has 8 heteroatoms. The Kier molecular flexibility index (Phi) is 5.42. The number of nitro benzene ring substituents is 1. The molecule has 0 bridgehead atoms. The number of benzene rings is 1. The van der Waals surface area contributed by atoms with E-state index in [2.05, 4.69) is 15.6 Å². The highest BCUT2D eigenvalue weighted by Gasteiger charge is 2.13. The van der Waals surface area contributed by atoms with Crippen LogP contribution in [0.1, 0.15) is 18.5 Å². The summed E-state index contributed by atoms with van der Waals surface area (Å²) in [6.07, 6.45) is 3.42. The topological polar surface area (TPSA) is 89.3 Å². The third kappa shape index (κ3) is 4.36. The molecule has 0 fully saturated rings. The molecule has 7 nitrogen and oxygen atoms in total. The first-order valence-electron chi connectivity index (χ1n) is 6.81. The lowest BCUT2D eigenvalue weighted by molar-refractivity contribution is -0.384. The summed E-state index contributed by atoms with van der Waals surface area (Å²) in [6.45, 7) is 1.97. The summed E-state index contributed by atoms with van der Waals surface area (Å²) in [7, 11) is 1.44. The lowest BCUT2D eigenvalue weighted by Gasteiger charge is -2.18. The second-order valence-electron chi connectivity index (χ2n) is 4.74. The molecule has 0 spiro atoms. The molecule has 2 rings (SSSR count). The number of anilines is 1. The van der Waals surface area contributed by atoms with E-state index >= 15 is 0 Å². The molecule has 0 aliphatic heterocycles. The van der Waals surface area contributed by atoms with E-state index in [0.717, 1.165) is 5.56 Å². The monoisotopic (exact) mass is 332 g/mol. The second kappa shape index (κ2) is 7.50. The Labute approximate surface area is 138 Å². The first-order valence-corrected chi connectivity index (χ1v) is 7.22. The number of thiocarbonyl (C=S) groups is 1. The van der Waals surface area contributed by atoms with Gasteiger partial charge in [-0.25, -0.2) is 0 Å². The third-order valence-electron chi connectivity index (χ3n) is 3.20. The van der Waals surface area contributed by atoms with Gasteiger partial charge < -0.3 is 15.4 Å². The highest BCUT2D eigenvalue weighted by atomic mass is 32.1. The maximum absolute atomic E-state index is 10.8. The number of rotatable bonds is 5. The lowest BCUT2D eigenvalue weighted by atomic mass is 10.1. The van der Waals surface area contributed by atoms with Crippen LogP contribution in [0.3, 0.4) is 0 Å². The molecule has 1 aromatic heterocycles. The van der Waals surface area contributed by atoms with Gasteiger partial charge in [-0.2, -0.15) is 0 Å². The van der Waals surface area contributed by atoms with Gasteiger partial charge in [-0.1, -0.05) is 0 Å². The summed E-state index contributed by atoms with van der Waals surface area (Å²) in [5.74, 6) is 0.347. The van der Waals surface area contributed by atoms with E-state index in [9.17, 15) is 10.1 Å². The quantitative estimate of drug-likeness (QED) is 0.494. The predicted molar refractivity (Wildman–Crippen MR) is 91.7 cm³/mol. The fourth-order valence-electron chi connectivity index (χ4n) is 1.99. The molecule has 0 saturated heterocycles. The van der Waals surface area contributed by atoms with Crippen molar-refractivity contribution >= 4 is 28.7 Å². The molecule has 0 saturated carbocycles. The first-order chi connectivity index (χ1) is 11.0. The van der Waals surface area contributed by atoms with E-state index in [1.54, 1.807) is 18.5 Å². The van der Waals surface area contributed by atoms with Crippen molar-refractivity contribution in [1.29, 1.82) is 0 Å². The van der Waals surface area contributed by atoms with Crippen LogP contribution in [-0.2, 0) is 0 Å². The second-order valence-corrected chi connectivity index (χ2v) is 5.15. The van der Waals surface area contributed by atoms with E-state index in [1.807, 2.05) is 19.1 Å². The normalized spacial score (nSPS) is 11.4. The van der Waals surface area contributed by atoms with Crippen molar-refractivity contribution in [1.82, 2.24) is 10.3 Å². The van der Waals surface area contributed by atoms with Gasteiger partial charge in [0.15, 0.2) is 5.11 Å². The smallest absolute Gasteiger partial charge is 0.273 e. The maximum Gasteiger partial charge on any atom is 0.273 e. The highest BCUT2D eigenvalue weighted by molar-refractivity contribution is 7.80. The van der Waals surface area contributed by atoms with Crippen LogP contribution in [0.25, 0.3) is 0 Å². The standard InChI is InChI=1S/C15H16N4O3S/c1-10(11-5-7-16-8-6-11)17-15(23)18-13-4-3-12(19(20)21)9-14(13)22-2/h3-10H,1-2H3,(H2,17,18,23). The molecule has 2 N–H and O–H groups in total. The molecule has 1 unspecified atom stereocenters. The predicted octanol–water partition coefficient (Wildman–Crippen LogP) is 3.05. The van der Waals surface area contributed by atoms with Crippen LogP contribution in [0, 0.1) is 10.1 Å². The van der Waals surface area contributed by atoms with Crippen LogP contribution >= 0.6 is 12.2 Å². The molecule has 0 amide bonds. The van der Waals surface area contributed by atoms with Crippen LogP contribution < -0.4 is 15.4 Å². The van der Waals surface area contributed by atoms with Crippen LogP contribution in [0.15, 0.2) is 42.7 Å². The molecule has 23 heavy (non-hydrogen) atoms. The summed E-state index contributed by atoms with van der Waals surface area (Å²) in [4.78, 5) is 14.3. The molecule has 2 aromatic rings. The van der Waals surface area contributed by atoms with Gasteiger partial charge >= 0.3 is 0 Å². The minimum Gasteiger partial charge on any atom is -0.494 e. The van der Waals surface area contributed by atoms with Gasteiger partial charge in [0.2, 0.25) is 0 Å². The Bertz CT molecular complexity index is 709. The number of pyridine rings is 1. The Morgan fingerprint density at radius 1 is 1.35 bits per heavy atom. The summed E-state index contributed by atoms with van der Waals surface area (Å²) in [5, 5.41) is 17.3. The van der Waals surface area contributed by atoms with Crippen molar-refractivity contribution in [3.8, 4) is 5.75 Å². The third-order valence-corrected chi connectivity index (χ3v) is 3.42. The number of nitrogens with one attached hydrogen (secondary N) is 2. The first kappa shape index (κ1) is 16.6. The summed E-state index contributed by atoms with van der Waals surface area (Å²) >= 11 is 5.28. The fraction of sp³-hybridized carbons (Fsp3) is 0.200.